The summed E-state index contributed by atoms with van der Waals surface area (Å²) >= 11 is 0. The van der Waals surface area contributed by atoms with Crippen LogP contribution in [0.2, 0.25) is 0 Å². The molecule has 1 aliphatic rings. The zero-order valence-electron chi connectivity index (χ0n) is 14.9. The molecule has 0 spiro atoms. The Labute approximate surface area is 155 Å². The number of rotatable bonds is 6. The number of aromatic nitrogens is 2. The maximum Gasteiger partial charge on any atom is 0.256 e. The van der Waals surface area contributed by atoms with Gasteiger partial charge in [-0.2, -0.15) is 5.10 Å². The molecule has 1 aromatic carbocycles. The predicted molar refractivity (Wildman–Crippen MR) is 104 cm³/mol. The van der Waals surface area contributed by atoms with Crippen molar-refractivity contribution in [2.45, 2.75) is 39.7 Å². The molecule has 1 atom stereocenters. The number of carbonyl (C=O) groups is 1. The lowest BCUT2D eigenvalue weighted by Crippen LogP contribution is -2.13. The molecule has 1 saturated heterocycles. The Bertz CT molecular complexity index is 690. The average molecular weight is 363 g/mol. The lowest BCUT2D eigenvalue weighted by molar-refractivity contribution is 0.102. The molecule has 1 fully saturated rings. The highest BCUT2D eigenvalue weighted by Crippen LogP contribution is 2.16. The number of amides is 1. The van der Waals surface area contributed by atoms with E-state index in [4.69, 9.17) is 0 Å². The second-order valence-corrected chi connectivity index (χ2v) is 6.61. The fourth-order valence-corrected chi connectivity index (χ4v) is 3.21. The molecular formula is C19H27ClN4O. The second-order valence-electron chi connectivity index (χ2n) is 6.61. The van der Waals surface area contributed by atoms with Crippen molar-refractivity contribution in [1.82, 2.24) is 15.1 Å². The van der Waals surface area contributed by atoms with Crippen molar-refractivity contribution in [1.29, 1.82) is 0 Å². The first-order valence-corrected chi connectivity index (χ1v) is 8.81. The van der Waals surface area contributed by atoms with Gasteiger partial charge in [-0.1, -0.05) is 19.1 Å². The molecular weight excluding hydrogens is 336 g/mol. The third-order valence-electron chi connectivity index (χ3n) is 4.56. The van der Waals surface area contributed by atoms with Gasteiger partial charge in [-0.05, 0) is 62.9 Å². The Morgan fingerprint density at radius 3 is 2.76 bits per heavy atom. The van der Waals surface area contributed by atoms with Crippen LogP contribution in [0.5, 0.6) is 0 Å². The monoisotopic (exact) mass is 362 g/mol. The number of hydrogen-bond acceptors (Lipinski definition) is 3. The van der Waals surface area contributed by atoms with Crippen LogP contribution < -0.4 is 10.6 Å². The molecule has 136 valence electrons. The average Bonchev–Trinajstić information content (AvgIpc) is 3.19. The van der Waals surface area contributed by atoms with Gasteiger partial charge in [0.25, 0.3) is 5.91 Å². The van der Waals surface area contributed by atoms with E-state index in [-0.39, 0.29) is 18.3 Å². The largest absolute Gasteiger partial charge is 0.316 e. The summed E-state index contributed by atoms with van der Waals surface area (Å²) in [7, 11) is 0. The highest BCUT2D eigenvalue weighted by molar-refractivity contribution is 6.03. The van der Waals surface area contributed by atoms with Gasteiger partial charge < -0.3 is 10.6 Å². The Hall–Kier alpha value is -1.85. The minimum absolute atomic E-state index is 0. The Kier molecular flexibility index (Phi) is 7.02. The van der Waals surface area contributed by atoms with Crippen molar-refractivity contribution in [3.8, 4) is 0 Å². The lowest BCUT2D eigenvalue weighted by atomic mass is 9.98. The molecule has 0 saturated carbocycles. The third kappa shape index (κ3) is 5.06. The van der Waals surface area contributed by atoms with Crippen molar-refractivity contribution < 1.29 is 4.79 Å². The maximum atomic E-state index is 12.4. The third-order valence-corrected chi connectivity index (χ3v) is 4.56. The molecule has 0 aliphatic carbocycles. The number of benzene rings is 1. The smallest absolute Gasteiger partial charge is 0.256 e. The predicted octanol–water partition coefficient (Wildman–Crippen LogP) is 3.43. The van der Waals surface area contributed by atoms with E-state index >= 15 is 0 Å². The summed E-state index contributed by atoms with van der Waals surface area (Å²) < 4.78 is 1.92. The summed E-state index contributed by atoms with van der Waals surface area (Å²) in [4.78, 5) is 12.4. The van der Waals surface area contributed by atoms with Crippen molar-refractivity contribution in [2.24, 2.45) is 5.92 Å². The molecule has 5 nitrogen and oxygen atoms in total. The van der Waals surface area contributed by atoms with Crippen LogP contribution in [0.1, 0.15) is 41.4 Å². The molecule has 25 heavy (non-hydrogen) atoms. The Morgan fingerprint density at radius 1 is 1.36 bits per heavy atom. The summed E-state index contributed by atoms with van der Waals surface area (Å²) in [6.45, 7) is 7.21. The van der Waals surface area contributed by atoms with Crippen LogP contribution in [-0.4, -0.2) is 28.8 Å². The van der Waals surface area contributed by atoms with Crippen molar-refractivity contribution in [3.05, 3.63) is 47.2 Å². The van der Waals surface area contributed by atoms with Gasteiger partial charge >= 0.3 is 0 Å². The normalized spacial score (nSPS) is 16.5. The Morgan fingerprint density at radius 2 is 2.12 bits per heavy atom. The molecule has 2 aromatic rings. The molecule has 1 aromatic heterocycles. The van der Waals surface area contributed by atoms with E-state index in [1.54, 1.807) is 0 Å². The first-order chi connectivity index (χ1) is 11.7. The number of hydrogen-bond donors (Lipinski definition) is 2. The second kappa shape index (κ2) is 9.02. The highest BCUT2D eigenvalue weighted by atomic mass is 35.5. The standard InChI is InChI=1S/C19H26N4O.ClH/c1-3-10-23-14(2)11-18(22-23)21-19(24)17-6-4-15(5-7-17)12-16-8-9-20-13-16;/h4-7,11,16,20H,3,8-10,12-13H2,1-2H3,(H,21,22,24);1H. The van der Waals surface area contributed by atoms with Crippen LogP contribution in [0.25, 0.3) is 0 Å². The highest BCUT2D eigenvalue weighted by Gasteiger charge is 2.15. The van der Waals surface area contributed by atoms with Gasteiger partial charge in [0.15, 0.2) is 5.82 Å². The van der Waals surface area contributed by atoms with Crippen LogP contribution >= 0.6 is 12.4 Å². The van der Waals surface area contributed by atoms with Crippen molar-refractivity contribution in [2.75, 3.05) is 18.4 Å². The van der Waals surface area contributed by atoms with Crippen molar-refractivity contribution >= 4 is 24.1 Å². The first-order valence-electron chi connectivity index (χ1n) is 8.81. The minimum Gasteiger partial charge on any atom is -0.316 e. The summed E-state index contributed by atoms with van der Waals surface area (Å²) in [6, 6.07) is 9.85. The summed E-state index contributed by atoms with van der Waals surface area (Å²) in [5, 5.41) is 10.7. The van der Waals surface area contributed by atoms with Gasteiger partial charge in [0.2, 0.25) is 0 Å². The molecule has 2 heterocycles. The zero-order chi connectivity index (χ0) is 16.9. The van der Waals surface area contributed by atoms with Gasteiger partial charge in [-0.25, -0.2) is 0 Å². The van der Waals surface area contributed by atoms with Gasteiger partial charge in [-0.15, -0.1) is 12.4 Å². The number of carbonyl (C=O) groups excluding carboxylic acids is 1. The van der Waals surface area contributed by atoms with Crippen LogP contribution in [0.4, 0.5) is 5.82 Å². The van der Waals surface area contributed by atoms with Crippen LogP contribution in [0.15, 0.2) is 30.3 Å². The fraction of sp³-hybridized carbons (Fsp3) is 0.474. The topological polar surface area (TPSA) is 59.0 Å². The van der Waals surface area contributed by atoms with E-state index in [2.05, 4.69) is 34.8 Å². The van der Waals surface area contributed by atoms with E-state index in [1.165, 1.54) is 12.0 Å². The molecule has 1 amide bonds. The maximum absolute atomic E-state index is 12.4. The quantitative estimate of drug-likeness (QED) is 0.827. The van der Waals surface area contributed by atoms with E-state index in [0.29, 0.717) is 11.4 Å². The molecule has 2 N–H and O–H groups in total. The SMILES string of the molecule is CCCn1nc(NC(=O)c2ccc(CC3CCNC3)cc2)cc1C.Cl. The van der Waals surface area contributed by atoms with Crippen molar-refractivity contribution in [3.63, 3.8) is 0 Å². The van der Waals surface area contributed by atoms with Gasteiger partial charge in [0.05, 0.1) is 0 Å². The number of aryl methyl sites for hydroxylation is 2. The first kappa shape index (κ1) is 19.5. The van der Waals surface area contributed by atoms with Gasteiger partial charge in [0, 0.05) is 23.9 Å². The molecule has 0 bridgehead atoms. The molecule has 1 aliphatic heterocycles. The van der Waals surface area contributed by atoms with E-state index in [1.807, 2.05) is 29.8 Å². The van der Waals surface area contributed by atoms with E-state index < -0.39 is 0 Å². The van der Waals surface area contributed by atoms with Gasteiger partial charge in [-0.3, -0.25) is 9.48 Å². The molecule has 0 radical (unpaired) electrons. The minimum atomic E-state index is -0.106. The van der Waals surface area contributed by atoms with Gasteiger partial charge in [0.1, 0.15) is 0 Å². The van der Waals surface area contributed by atoms with Crippen LogP contribution in [0, 0.1) is 12.8 Å². The zero-order valence-corrected chi connectivity index (χ0v) is 15.7. The fourth-order valence-electron chi connectivity index (χ4n) is 3.21. The molecule has 1 unspecified atom stereocenters. The summed E-state index contributed by atoms with van der Waals surface area (Å²) in [5.74, 6) is 1.23. The summed E-state index contributed by atoms with van der Waals surface area (Å²) in [5.41, 5.74) is 3.03. The van der Waals surface area contributed by atoms with E-state index in [0.717, 1.165) is 44.1 Å². The lowest BCUT2D eigenvalue weighted by Gasteiger charge is -2.09. The number of halogens is 1. The Balaban J connectivity index is 0.00000225. The van der Waals surface area contributed by atoms with Crippen LogP contribution in [0.3, 0.4) is 0 Å². The number of nitrogens with one attached hydrogen (secondary N) is 2. The number of nitrogens with zero attached hydrogens (tertiary/aromatic N) is 2. The molecule has 6 heteroatoms. The van der Waals surface area contributed by atoms with E-state index in [9.17, 15) is 4.79 Å². The number of anilines is 1. The van der Waals surface area contributed by atoms with Crippen LogP contribution in [-0.2, 0) is 13.0 Å². The molecule has 3 rings (SSSR count). The summed E-state index contributed by atoms with van der Waals surface area (Å²) in [6.07, 6.45) is 3.34.